The van der Waals surface area contributed by atoms with E-state index in [0.29, 0.717) is 5.88 Å². The van der Waals surface area contributed by atoms with Crippen molar-refractivity contribution in [3.05, 3.63) is 58.8 Å². The minimum Gasteiger partial charge on any atom is -0.481 e. The van der Waals surface area contributed by atoms with Crippen LogP contribution in [0, 0.1) is 0 Å². The Balaban J connectivity index is 1.57. The predicted octanol–water partition coefficient (Wildman–Crippen LogP) is 2.87. The van der Waals surface area contributed by atoms with Crippen LogP contribution in [0.25, 0.3) is 0 Å². The average molecular weight is 268 g/mol. The molecule has 1 heterocycles. The molecule has 0 bridgehead atoms. The molecule has 1 aromatic carbocycles. The first-order valence-electron chi connectivity index (χ1n) is 7.15. The van der Waals surface area contributed by atoms with Gasteiger partial charge in [-0.15, -0.1) is 0 Å². The van der Waals surface area contributed by atoms with Crippen molar-refractivity contribution in [2.75, 3.05) is 7.11 Å². The summed E-state index contributed by atoms with van der Waals surface area (Å²) >= 11 is 0. The number of nitrogens with one attached hydrogen (secondary N) is 1. The fraction of sp³-hybridized carbons (Fsp3) is 0.353. The third-order valence-electron chi connectivity index (χ3n) is 3.83. The second kappa shape index (κ2) is 6.06. The quantitative estimate of drug-likeness (QED) is 0.905. The highest BCUT2D eigenvalue weighted by molar-refractivity contribution is 5.35. The van der Waals surface area contributed by atoms with E-state index in [2.05, 4.69) is 28.5 Å². The molecule has 0 atom stereocenters. The molecule has 3 rings (SSSR count). The highest BCUT2D eigenvalue weighted by atomic mass is 16.5. The molecule has 0 radical (unpaired) electrons. The zero-order chi connectivity index (χ0) is 13.8. The monoisotopic (exact) mass is 268 g/mol. The van der Waals surface area contributed by atoms with E-state index in [0.717, 1.165) is 13.1 Å². The third kappa shape index (κ3) is 2.99. The summed E-state index contributed by atoms with van der Waals surface area (Å²) in [5.41, 5.74) is 5.63. The Labute approximate surface area is 120 Å². The van der Waals surface area contributed by atoms with Gasteiger partial charge in [-0.25, -0.2) is 4.98 Å². The smallest absolute Gasteiger partial charge is 0.213 e. The maximum atomic E-state index is 5.13. The average Bonchev–Trinajstić information content (AvgIpc) is 2.95. The Morgan fingerprint density at radius 1 is 1.05 bits per heavy atom. The van der Waals surface area contributed by atoms with Crippen LogP contribution in [0.1, 0.15) is 28.7 Å². The Hall–Kier alpha value is -1.87. The van der Waals surface area contributed by atoms with Crippen LogP contribution in [0.5, 0.6) is 5.88 Å². The lowest BCUT2D eigenvalue weighted by Crippen LogP contribution is -2.13. The number of pyridine rings is 1. The summed E-state index contributed by atoms with van der Waals surface area (Å²) in [5.74, 6) is 0.668. The first-order chi connectivity index (χ1) is 9.85. The van der Waals surface area contributed by atoms with Gasteiger partial charge in [0.2, 0.25) is 5.88 Å². The first kappa shape index (κ1) is 13.1. The molecule has 3 nitrogen and oxygen atoms in total. The molecule has 1 aliphatic carbocycles. The van der Waals surface area contributed by atoms with Crippen molar-refractivity contribution in [3.63, 3.8) is 0 Å². The van der Waals surface area contributed by atoms with E-state index < -0.39 is 0 Å². The van der Waals surface area contributed by atoms with Gasteiger partial charge in [-0.05, 0) is 47.6 Å². The largest absolute Gasteiger partial charge is 0.481 e. The van der Waals surface area contributed by atoms with Crippen molar-refractivity contribution < 1.29 is 4.74 Å². The second-order valence-corrected chi connectivity index (χ2v) is 5.27. The molecule has 0 saturated carbocycles. The molecule has 0 aliphatic heterocycles. The normalized spacial score (nSPS) is 13.2. The molecule has 1 aliphatic rings. The van der Waals surface area contributed by atoms with Gasteiger partial charge in [0.25, 0.3) is 0 Å². The number of nitrogens with zero attached hydrogens (tertiary/aromatic N) is 1. The Bertz CT molecular complexity index is 595. The lowest BCUT2D eigenvalue weighted by atomic mass is 10.1. The topological polar surface area (TPSA) is 34.1 Å². The second-order valence-electron chi connectivity index (χ2n) is 5.27. The number of fused-ring (bicyclic) bond motifs is 1. The van der Waals surface area contributed by atoms with Crippen LogP contribution in [0.15, 0.2) is 36.5 Å². The SMILES string of the molecule is COc1cc(CNCc2ccc3c(c2)CCC3)ccn1. The van der Waals surface area contributed by atoms with Crippen molar-refractivity contribution in [3.8, 4) is 5.88 Å². The maximum absolute atomic E-state index is 5.13. The molecule has 2 aromatic rings. The number of rotatable bonds is 5. The summed E-state index contributed by atoms with van der Waals surface area (Å²) in [6.45, 7) is 1.73. The molecule has 0 saturated heterocycles. The van der Waals surface area contributed by atoms with Gasteiger partial charge in [0.05, 0.1) is 7.11 Å². The Morgan fingerprint density at radius 2 is 1.85 bits per heavy atom. The molecule has 0 fully saturated rings. The lowest BCUT2D eigenvalue weighted by molar-refractivity contribution is 0.397. The molecule has 0 unspecified atom stereocenters. The molecule has 0 amide bonds. The van der Waals surface area contributed by atoms with E-state index in [9.17, 15) is 0 Å². The summed E-state index contributed by atoms with van der Waals surface area (Å²) in [6, 6.07) is 10.9. The fourth-order valence-corrected chi connectivity index (χ4v) is 2.76. The lowest BCUT2D eigenvalue weighted by Gasteiger charge is -2.08. The van der Waals surface area contributed by atoms with Crippen LogP contribution in [0.2, 0.25) is 0 Å². The summed E-state index contributed by atoms with van der Waals surface area (Å²) in [4.78, 5) is 4.11. The highest BCUT2D eigenvalue weighted by Gasteiger charge is 2.10. The fourth-order valence-electron chi connectivity index (χ4n) is 2.76. The molecule has 3 heteroatoms. The Morgan fingerprint density at radius 3 is 2.70 bits per heavy atom. The van der Waals surface area contributed by atoms with Crippen molar-refractivity contribution >= 4 is 0 Å². The van der Waals surface area contributed by atoms with Gasteiger partial charge in [0, 0.05) is 25.4 Å². The van der Waals surface area contributed by atoms with Crippen molar-refractivity contribution in [1.82, 2.24) is 10.3 Å². The molecule has 0 spiro atoms. The standard InChI is InChI=1S/C17H20N2O/c1-20-17-10-14(7-8-19-17)12-18-11-13-5-6-15-3-2-4-16(15)9-13/h5-10,18H,2-4,11-12H2,1H3. The number of benzene rings is 1. The number of methoxy groups -OCH3 is 1. The first-order valence-corrected chi connectivity index (χ1v) is 7.15. The van der Waals surface area contributed by atoms with Gasteiger partial charge in [-0.2, -0.15) is 0 Å². The minimum atomic E-state index is 0.668. The van der Waals surface area contributed by atoms with E-state index in [4.69, 9.17) is 4.74 Å². The van der Waals surface area contributed by atoms with Crippen LogP contribution >= 0.6 is 0 Å². The van der Waals surface area contributed by atoms with Crippen LogP contribution in [-0.2, 0) is 25.9 Å². The van der Waals surface area contributed by atoms with E-state index in [1.54, 1.807) is 13.3 Å². The molecule has 104 valence electrons. The van der Waals surface area contributed by atoms with Crippen molar-refractivity contribution in [2.45, 2.75) is 32.4 Å². The zero-order valence-electron chi connectivity index (χ0n) is 11.9. The zero-order valence-corrected chi connectivity index (χ0v) is 11.9. The third-order valence-corrected chi connectivity index (χ3v) is 3.83. The van der Waals surface area contributed by atoms with Crippen LogP contribution in [0.4, 0.5) is 0 Å². The van der Waals surface area contributed by atoms with E-state index >= 15 is 0 Å². The number of hydrogen-bond acceptors (Lipinski definition) is 3. The van der Waals surface area contributed by atoms with Crippen molar-refractivity contribution in [2.24, 2.45) is 0 Å². The van der Waals surface area contributed by atoms with E-state index in [1.807, 2.05) is 12.1 Å². The maximum Gasteiger partial charge on any atom is 0.213 e. The van der Waals surface area contributed by atoms with Gasteiger partial charge in [-0.3, -0.25) is 0 Å². The summed E-state index contributed by atoms with van der Waals surface area (Å²) in [6.07, 6.45) is 5.58. The van der Waals surface area contributed by atoms with Gasteiger partial charge >= 0.3 is 0 Å². The molecular weight excluding hydrogens is 248 g/mol. The van der Waals surface area contributed by atoms with Crippen molar-refractivity contribution in [1.29, 1.82) is 0 Å². The van der Waals surface area contributed by atoms with Gasteiger partial charge in [0.15, 0.2) is 0 Å². The molecule has 20 heavy (non-hydrogen) atoms. The van der Waals surface area contributed by atoms with Gasteiger partial charge in [0.1, 0.15) is 0 Å². The molecule has 1 N–H and O–H groups in total. The summed E-state index contributed by atoms with van der Waals surface area (Å²) in [7, 11) is 1.64. The van der Waals surface area contributed by atoms with E-state index in [-0.39, 0.29) is 0 Å². The highest BCUT2D eigenvalue weighted by Crippen LogP contribution is 2.22. The molecule has 1 aromatic heterocycles. The molecular formula is C17H20N2O. The van der Waals surface area contributed by atoms with Gasteiger partial charge < -0.3 is 10.1 Å². The minimum absolute atomic E-state index is 0.668. The number of aromatic nitrogens is 1. The summed E-state index contributed by atoms with van der Waals surface area (Å²) < 4.78 is 5.13. The number of aryl methyl sites for hydroxylation is 2. The van der Waals surface area contributed by atoms with Gasteiger partial charge in [-0.1, -0.05) is 18.2 Å². The van der Waals surface area contributed by atoms with E-state index in [1.165, 1.54) is 41.5 Å². The Kier molecular flexibility index (Phi) is 3.97. The number of ether oxygens (including phenoxy) is 1. The number of hydrogen-bond donors (Lipinski definition) is 1. The van der Waals surface area contributed by atoms with Crippen LogP contribution in [0.3, 0.4) is 0 Å². The van der Waals surface area contributed by atoms with Crippen LogP contribution in [-0.4, -0.2) is 12.1 Å². The predicted molar refractivity (Wildman–Crippen MR) is 79.8 cm³/mol. The summed E-state index contributed by atoms with van der Waals surface area (Å²) in [5, 5.41) is 3.48. The van der Waals surface area contributed by atoms with Crippen LogP contribution < -0.4 is 10.1 Å².